The predicted molar refractivity (Wildman–Crippen MR) is 101 cm³/mol. The minimum absolute atomic E-state index is 0.00946. The van der Waals surface area contributed by atoms with Gasteiger partial charge in [-0.1, -0.05) is 12.2 Å². The van der Waals surface area contributed by atoms with Gasteiger partial charge in [0.05, 0.1) is 29.1 Å². The van der Waals surface area contributed by atoms with Crippen LogP contribution in [-0.2, 0) is 9.59 Å². The van der Waals surface area contributed by atoms with Crippen LogP contribution in [0.4, 0.5) is 0 Å². The Kier molecular flexibility index (Phi) is 3.73. The van der Waals surface area contributed by atoms with E-state index in [-0.39, 0.29) is 41.2 Å². The van der Waals surface area contributed by atoms with Gasteiger partial charge in [0.1, 0.15) is 0 Å². The number of benzene rings is 1. The van der Waals surface area contributed by atoms with E-state index >= 15 is 0 Å². The Morgan fingerprint density at radius 2 is 1.85 bits per heavy atom. The van der Waals surface area contributed by atoms with Crippen molar-refractivity contribution in [3.63, 3.8) is 0 Å². The van der Waals surface area contributed by atoms with E-state index < -0.39 is 0 Å². The van der Waals surface area contributed by atoms with Crippen LogP contribution in [0.1, 0.15) is 18.9 Å². The second kappa shape index (κ2) is 5.92. The average molecular weight is 431 g/mol. The highest BCUT2D eigenvalue weighted by Crippen LogP contribution is 2.65. The number of ether oxygens (including phenoxy) is 1. The first-order chi connectivity index (χ1) is 13.0. The molecule has 7 heteroatoms. The Morgan fingerprint density at radius 3 is 2.44 bits per heavy atom. The maximum atomic E-state index is 12.9. The zero-order valence-electron chi connectivity index (χ0n) is 14.7. The zero-order chi connectivity index (χ0) is 18.9. The van der Waals surface area contributed by atoms with Gasteiger partial charge in [0.25, 0.3) is 11.8 Å². The number of imide groups is 1. The summed E-state index contributed by atoms with van der Waals surface area (Å²) in [4.78, 5) is 25.8. The molecule has 27 heavy (non-hydrogen) atoms. The molecule has 140 valence electrons. The molecular weight excluding hydrogens is 412 g/mol. The minimum atomic E-state index is -0.251. The van der Waals surface area contributed by atoms with Gasteiger partial charge in [-0.2, -0.15) is 10.1 Å². The largest absolute Gasteiger partial charge is 0.503 e. The van der Waals surface area contributed by atoms with Gasteiger partial charge >= 0.3 is 0 Å². The fourth-order valence-electron chi connectivity index (χ4n) is 5.11. The van der Waals surface area contributed by atoms with Gasteiger partial charge in [-0.3, -0.25) is 9.59 Å². The maximum Gasteiger partial charge on any atom is 0.254 e. The molecule has 6 atom stereocenters. The number of hydrogen-bond donors (Lipinski definition) is 1. The fraction of sp³-hybridized carbons (Fsp3) is 0.450. The lowest BCUT2D eigenvalue weighted by molar-refractivity contribution is -0.140. The fourth-order valence-corrected chi connectivity index (χ4v) is 5.57. The van der Waals surface area contributed by atoms with Gasteiger partial charge in [-0.05, 0) is 70.6 Å². The van der Waals surface area contributed by atoms with Crippen LogP contribution in [0, 0.1) is 35.5 Å². The molecule has 1 heterocycles. The molecule has 1 saturated heterocycles. The SMILES string of the molecule is CCOc1cc(/C=N\N2C(=O)[C@@H]3[C@H]4C=C[C@@H]([C@@H]5C[C@@H]45)[C@H]3C2=O)cc(Br)c1O. The highest BCUT2D eigenvalue weighted by atomic mass is 79.9. The molecule has 0 unspecified atom stereocenters. The number of rotatable bonds is 4. The van der Waals surface area contributed by atoms with Crippen molar-refractivity contribution in [2.24, 2.45) is 40.6 Å². The first kappa shape index (κ1) is 17.0. The second-order valence-electron chi connectivity index (χ2n) is 7.67. The molecule has 1 aromatic rings. The number of carbonyl (C=O) groups excluding carboxylic acids is 2. The van der Waals surface area contributed by atoms with E-state index in [1.165, 1.54) is 6.21 Å². The molecule has 4 aliphatic carbocycles. The van der Waals surface area contributed by atoms with Crippen LogP contribution in [-0.4, -0.2) is 34.8 Å². The number of nitrogens with zero attached hydrogens (tertiary/aromatic N) is 2. The van der Waals surface area contributed by atoms with E-state index in [1.807, 2.05) is 6.92 Å². The standard InChI is InChI=1S/C20H19BrN2O4/c1-2-27-15-6-9(5-14(21)18(15)24)8-22-23-19(25)16-10-3-4-11(13-7-12(10)13)17(16)20(23)26/h3-6,8,10-13,16-17,24H,2,7H2,1H3/b22-8-/t10-,11-,12-,13-,16+,17+/m0/s1. The van der Waals surface area contributed by atoms with Crippen molar-refractivity contribution >= 4 is 34.0 Å². The van der Waals surface area contributed by atoms with Crippen molar-refractivity contribution in [3.05, 3.63) is 34.3 Å². The van der Waals surface area contributed by atoms with E-state index in [1.54, 1.807) is 12.1 Å². The molecule has 0 radical (unpaired) electrons. The molecule has 1 aromatic carbocycles. The van der Waals surface area contributed by atoms with Crippen LogP contribution in [0.5, 0.6) is 11.5 Å². The number of phenols is 1. The molecule has 5 aliphatic rings. The molecule has 2 bridgehead atoms. The van der Waals surface area contributed by atoms with E-state index in [4.69, 9.17) is 4.74 Å². The van der Waals surface area contributed by atoms with Gasteiger partial charge in [-0.25, -0.2) is 0 Å². The topological polar surface area (TPSA) is 79.2 Å². The molecule has 1 N–H and O–H groups in total. The molecule has 6 nitrogen and oxygen atoms in total. The Bertz CT molecular complexity index is 875. The molecule has 0 aromatic heterocycles. The van der Waals surface area contributed by atoms with Crippen molar-refractivity contribution in [2.75, 3.05) is 6.61 Å². The molecule has 6 rings (SSSR count). The third-order valence-electron chi connectivity index (χ3n) is 6.31. The van der Waals surface area contributed by atoms with Gasteiger partial charge < -0.3 is 9.84 Å². The molecule has 1 aliphatic heterocycles. The molecule has 3 fully saturated rings. The lowest BCUT2D eigenvalue weighted by Crippen LogP contribution is -2.40. The molecule has 2 amide bonds. The van der Waals surface area contributed by atoms with Crippen LogP contribution in [0.15, 0.2) is 33.9 Å². The van der Waals surface area contributed by atoms with Crippen LogP contribution < -0.4 is 4.74 Å². The quantitative estimate of drug-likeness (QED) is 0.452. The van der Waals surface area contributed by atoms with E-state index in [0.717, 1.165) is 11.4 Å². The summed E-state index contributed by atoms with van der Waals surface area (Å²) in [6.07, 6.45) is 6.89. The molecule has 0 spiro atoms. The Hall–Kier alpha value is -2.15. The predicted octanol–water partition coefficient (Wildman–Crippen LogP) is 2.94. The number of phenolic OH excluding ortho intramolecular Hbond substituents is 1. The van der Waals surface area contributed by atoms with Crippen LogP contribution in [0.2, 0.25) is 0 Å². The van der Waals surface area contributed by atoms with Gasteiger partial charge in [0.15, 0.2) is 11.5 Å². The van der Waals surface area contributed by atoms with Crippen molar-refractivity contribution in [1.82, 2.24) is 5.01 Å². The summed E-state index contributed by atoms with van der Waals surface area (Å²) in [6, 6.07) is 3.30. The van der Waals surface area contributed by atoms with E-state index in [9.17, 15) is 14.7 Å². The first-order valence-corrected chi connectivity index (χ1v) is 10.1. The lowest BCUT2D eigenvalue weighted by atomic mass is 9.63. The van der Waals surface area contributed by atoms with E-state index in [2.05, 4.69) is 33.2 Å². The van der Waals surface area contributed by atoms with Crippen LogP contribution >= 0.6 is 15.9 Å². The van der Waals surface area contributed by atoms with Crippen LogP contribution in [0.3, 0.4) is 0 Å². The average Bonchev–Trinajstić information content (AvgIpc) is 3.43. The molecule has 2 saturated carbocycles. The molecular formula is C20H19BrN2O4. The number of hydrazone groups is 1. The van der Waals surface area contributed by atoms with Crippen molar-refractivity contribution in [2.45, 2.75) is 13.3 Å². The number of aromatic hydroxyl groups is 1. The van der Waals surface area contributed by atoms with Crippen molar-refractivity contribution < 1.29 is 19.4 Å². The number of allylic oxidation sites excluding steroid dienone is 2. The Balaban J connectivity index is 1.42. The summed E-state index contributed by atoms with van der Waals surface area (Å²) < 4.78 is 5.87. The summed E-state index contributed by atoms with van der Waals surface area (Å²) >= 11 is 3.28. The third-order valence-corrected chi connectivity index (χ3v) is 6.92. The lowest BCUT2D eigenvalue weighted by Gasteiger charge is -2.37. The van der Waals surface area contributed by atoms with Gasteiger partial charge in [0, 0.05) is 0 Å². The number of carbonyl (C=O) groups is 2. The third kappa shape index (κ3) is 2.40. The number of halogens is 1. The number of amides is 2. The minimum Gasteiger partial charge on any atom is -0.503 e. The summed E-state index contributed by atoms with van der Waals surface area (Å²) in [5.41, 5.74) is 0.627. The van der Waals surface area contributed by atoms with E-state index in [0.29, 0.717) is 34.2 Å². The Labute approximate surface area is 165 Å². The second-order valence-corrected chi connectivity index (χ2v) is 8.52. The van der Waals surface area contributed by atoms with Gasteiger partial charge in [0.2, 0.25) is 0 Å². The van der Waals surface area contributed by atoms with Crippen molar-refractivity contribution in [3.8, 4) is 11.5 Å². The van der Waals surface area contributed by atoms with Gasteiger partial charge in [-0.15, -0.1) is 0 Å². The highest BCUT2D eigenvalue weighted by Gasteiger charge is 2.67. The smallest absolute Gasteiger partial charge is 0.254 e. The maximum absolute atomic E-state index is 12.9. The first-order valence-electron chi connectivity index (χ1n) is 9.26. The van der Waals surface area contributed by atoms with Crippen molar-refractivity contribution in [1.29, 1.82) is 0 Å². The number of hydrogen-bond acceptors (Lipinski definition) is 5. The summed E-state index contributed by atoms with van der Waals surface area (Å²) in [5, 5.41) is 15.3. The Morgan fingerprint density at radius 1 is 1.22 bits per heavy atom. The zero-order valence-corrected chi connectivity index (χ0v) is 16.3. The van der Waals surface area contributed by atoms with Crippen LogP contribution in [0.25, 0.3) is 0 Å². The highest BCUT2D eigenvalue weighted by molar-refractivity contribution is 9.10. The summed E-state index contributed by atoms with van der Waals surface area (Å²) in [5.74, 6) is 0.981. The normalized spacial score (nSPS) is 35.7. The summed E-state index contributed by atoms with van der Waals surface area (Å²) in [7, 11) is 0. The summed E-state index contributed by atoms with van der Waals surface area (Å²) in [6.45, 7) is 2.23. The monoisotopic (exact) mass is 430 g/mol.